The monoisotopic (exact) mass is 296 g/mol. The molecule has 0 aromatic carbocycles. The second kappa shape index (κ2) is 7.65. The Morgan fingerprint density at radius 1 is 1.05 bits per heavy atom. The molecule has 0 aliphatic heterocycles. The Bertz CT molecular complexity index is 322. The quantitative estimate of drug-likeness (QED) is 0.605. The van der Waals surface area contributed by atoms with Gasteiger partial charge in [0, 0.05) is 0 Å². The number of ether oxygens (including phenoxy) is 1. The van der Waals surface area contributed by atoms with Gasteiger partial charge in [0.1, 0.15) is 5.60 Å². The van der Waals surface area contributed by atoms with Gasteiger partial charge < -0.3 is 4.74 Å². The van der Waals surface area contributed by atoms with E-state index in [1.807, 2.05) is 6.92 Å². The lowest BCUT2D eigenvalue weighted by Gasteiger charge is -2.38. The van der Waals surface area contributed by atoms with Crippen molar-refractivity contribution in [2.75, 3.05) is 0 Å². The highest BCUT2D eigenvalue weighted by Crippen LogP contribution is 2.36. The first-order valence-electron chi connectivity index (χ1n) is 8.93. The first kappa shape index (κ1) is 18.5. The van der Waals surface area contributed by atoms with E-state index in [9.17, 15) is 4.79 Å². The smallest absolute Gasteiger partial charge is 0.309 e. The maximum atomic E-state index is 12.5. The number of carbonyl (C=O) groups is 1. The summed E-state index contributed by atoms with van der Waals surface area (Å²) in [6, 6.07) is 0. The van der Waals surface area contributed by atoms with Crippen molar-refractivity contribution >= 4 is 5.97 Å². The summed E-state index contributed by atoms with van der Waals surface area (Å²) in [5, 5.41) is 0. The molecule has 1 aliphatic rings. The third kappa shape index (κ3) is 5.30. The Kier molecular flexibility index (Phi) is 6.74. The maximum absolute atomic E-state index is 12.5. The molecule has 1 atom stereocenters. The SMILES string of the molecule is CCC(C)(C)C(C)C(=O)OC(C)(C)C1CCCCCCC1. The number of carbonyl (C=O) groups excluding carboxylic acids is 1. The molecule has 0 aromatic rings. The Balaban J connectivity index is 2.67. The molecule has 0 amide bonds. The standard InChI is InChI=1S/C19H36O2/c1-7-18(3,4)15(2)17(20)21-19(5,6)16-13-11-9-8-10-12-14-16/h15-16H,7-14H2,1-6H3. The lowest BCUT2D eigenvalue weighted by atomic mass is 9.77. The lowest BCUT2D eigenvalue weighted by molar-refractivity contribution is -0.171. The van der Waals surface area contributed by atoms with E-state index >= 15 is 0 Å². The third-order valence-corrected chi connectivity index (χ3v) is 5.89. The minimum absolute atomic E-state index is 0.00803. The molecule has 0 N–H and O–H groups in total. The van der Waals surface area contributed by atoms with Gasteiger partial charge in [-0.05, 0) is 38.0 Å². The van der Waals surface area contributed by atoms with Crippen LogP contribution < -0.4 is 0 Å². The molecule has 1 saturated carbocycles. The van der Waals surface area contributed by atoms with E-state index in [4.69, 9.17) is 4.74 Å². The zero-order valence-corrected chi connectivity index (χ0v) is 15.1. The Morgan fingerprint density at radius 3 is 2.00 bits per heavy atom. The number of esters is 1. The van der Waals surface area contributed by atoms with Gasteiger partial charge in [0.15, 0.2) is 0 Å². The molecule has 0 saturated heterocycles. The van der Waals surface area contributed by atoms with Gasteiger partial charge in [0.25, 0.3) is 0 Å². The predicted octanol–water partition coefficient (Wildman–Crippen LogP) is 5.74. The van der Waals surface area contributed by atoms with Gasteiger partial charge in [0.05, 0.1) is 5.92 Å². The van der Waals surface area contributed by atoms with Crippen molar-refractivity contribution in [3.05, 3.63) is 0 Å². The molecule has 2 nitrogen and oxygen atoms in total. The highest BCUT2D eigenvalue weighted by molar-refractivity contribution is 5.73. The summed E-state index contributed by atoms with van der Waals surface area (Å²) in [5.41, 5.74) is -0.319. The highest BCUT2D eigenvalue weighted by atomic mass is 16.6. The fraction of sp³-hybridized carbons (Fsp3) is 0.947. The van der Waals surface area contributed by atoms with E-state index < -0.39 is 0 Å². The van der Waals surface area contributed by atoms with E-state index in [-0.39, 0.29) is 22.9 Å². The van der Waals surface area contributed by atoms with Crippen LogP contribution in [0.2, 0.25) is 0 Å². The van der Waals surface area contributed by atoms with E-state index in [0.29, 0.717) is 5.92 Å². The predicted molar refractivity (Wildman–Crippen MR) is 89.2 cm³/mol. The molecule has 1 aliphatic carbocycles. The molecule has 0 radical (unpaired) electrons. The zero-order chi connectivity index (χ0) is 16.1. The number of rotatable bonds is 5. The first-order valence-corrected chi connectivity index (χ1v) is 8.93. The summed E-state index contributed by atoms with van der Waals surface area (Å²) in [6.07, 6.45) is 9.99. The van der Waals surface area contributed by atoms with E-state index in [2.05, 4.69) is 34.6 Å². The van der Waals surface area contributed by atoms with Gasteiger partial charge in [-0.1, -0.05) is 66.2 Å². The molecule has 2 heteroatoms. The molecule has 1 unspecified atom stereocenters. The van der Waals surface area contributed by atoms with Crippen molar-refractivity contribution in [3.63, 3.8) is 0 Å². The summed E-state index contributed by atoms with van der Waals surface area (Å²) in [4.78, 5) is 12.5. The molecule has 124 valence electrons. The van der Waals surface area contributed by atoms with Crippen LogP contribution in [0.5, 0.6) is 0 Å². The second-order valence-electron chi connectivity index (χ2n) is 8.13. The lowest BCUT2D eigenvalue weighted by Crippen LogP contribution is -2.41. The second-order valence-corrected chi connectivity index (χ2v) is 8.13. The van der Waals surface area contributed by atoms with Gasteiger partial charge in [0.2, 0.25) is 0 Å². The van der Waals surface area contributed by atoms with Crippen molar-refractivity contribution in [2.24, 2.45) is 17.3 Å². The van der Waals surface area contributed by atoms with Gasteiger partial charge in [-0.25, -0.2) is 0 Å². The summed E-state index contributed by atoms with van der Waals surface area (Å²) in [6.45, 7) is 12.7. The van der Waals surface area contributed by atoms with Crippen LogP contribution in [0.3, 0.4) is 0 Å². The topological polar surface area (TPSA) is 26.3 Å². The van der Waals surface area contributed by atoms with Gasteiger partial charge in [-0.15, -0.1) is 0 Å². The van der Waals surface area contributed by atoms with Crippen LogP contribution in [-0.2, 0) is 9.53 Å². The van der Waals surface area contributed by atoms with Crippen LogP contribution >= 0.6 is 0 Å². The minimum atomic E-state index is -0.327. The Hall–Kier alpha value is -0.530. The maximum Gasteiger partial charge on any atom is 0.309 e. The van der Waals surface area contributed by atoms with Crippen LogP contribution in [0.25, 0.3) is 0 Å². The van der Waals surface area contributed by atoms with Crippen molar-refractivity contribution in [2.45, 2.75) is 98.5 Å². The fourth-order valence-corrected chi connectivity index (χ4v) is 3.21. The average Bonchev–Trinajstić information content (AvgIpc) is 2.36. The largest absolute Gasteiger partial charge is 0.459 e. The Labute approximate surface area is 132 Å². The molecular formula is C19H36O2. The molecule has 21 heavy (non-hydrogen) atoms. The molecule has 0 spiro atoms. The molecule has 1 fully saturated rings. The van der Waals surface area contributed by atoms with Crippen molar-refractivity contribution in [1.82, 2.24) is 0 Å². The summed E-state index contributed by atoms with van der Waals surface area (Å²) < 4.78 is 5.98. The molecular weight excluding hydrogens is 260 g/mol. The van der Waals surface area contributed by atoms with E-state index in [0.717, 1.165) is 6.42 Å². The number of hydrogen-bond acceptors (Lipinski definition) is 2. The normalized spacial score (nSPS) is 20.5. The van der Waals surface area contributed by atoms with Crippen molar-refractivity contribution < 1.29 is 9.53 Å². The van der Waals surface area contributed by atoms with Crippen LogP contribution in [-0.4, -0.2) is 11.6 Å². The molecule has 0 heterocycles. The van der Waals surface area contributed by atoms with Crippen molar-refractivity contribution in [3.8, 4) is 0 Å². The Morgan fingerprint density at radius 2 is 1.52 bits per heavy atom. The number of hydrogen-bond donors (Lipinski definition) is 0. The van der Waals surface area contributed by atoms with Crippen LogP contribution in [0.1, 0.15) is 92.9 Å². The summed E-state index contributed by atoms with van der Waals surface area (Å²) >= 11 is 0. The van der Waals surface area contributed by atoms with E-state index in [1.54, 1.807) is 0 Å². The van der Waals surface area contributed by atoms with Gasteiger partial charge in [-0.2, -0.15) is 0 Å². The van der Waals surface area contributed by atoms with Gasteiger partial charge in [-0.3, -0.25) is 4.79 Å². The molecule has 0 bridgehead atoms. The minimum Gasteiger partial charge on any atom is -0.459 e. The highest BCUT2D eigenvalue weighted by Gasteiger charge is 2.37. The molecule has 0 aromatic heterocycles. The van der Waals surface area contributed by atoms with Crippen LogP contribution in [0.4, 0.5) is 0 Å². The third-order valence-electron chi connectivity index (χ3n) is 5.89. The zero-order valence-electron chi connectivity index (χ0n) is 15.1. The molecule has 1 rings (SSSR count). The van der Waals surface area contributed by atoms with E-state index in [1.165, 1.54) is 44.9 Å². The van der Waals surface area contributed by atoms with Gasteiger partial charge >= 0.3 is 5.97 Å². The summed E-state index contributed by atoms with van der Waals surface area (Å²) in [7, 11) is 0. The summed E-state index contributed by atoms with van der Waals surface area (Å²) in [5.74, 6) is 0.447. The first-order chi connectivity index (χ1) is 9.70. The average molecular weight is 296 g/mol. The van der Waals surface area contributed by atoms with Crippen molar-refractivity contribution in [1.29, 1.82) is 0 Å². The fourth-order valence-electron chi connectivity index (χ4n) is 3.21. The van der Waals surface area contributed by atoms with Crippen LogP contribution in [0.15, 0.2) is 0 Å². The van der Waals surface area contributed by atoms with Crippen LogP contribution in [0, 0.1) is 17.3 Å².